The van der Waals surface area contributed by atoms with Crippen LogP contribution < -0.4 is 5.32 Å². The second-order valence-electron chi connectivity index (χ2n) is 5.45. The van der Waals surface area contributed by atoms with Crippen molar-refractivity contribution in [3.8, 4) is 0 Å². The highest BCUT2D eigenvalue weighted by Gasteiger charge is 2.34. The van der Waals surface area contributed by atoms with E-state index in [9.17, 15) is 9.59 Å². The summed E-state index contributed by atoms with van der Waals surface area (Å²) in [6.45, 7) is 5.98. The van der Waals surface area contributed by atoms with Gasteiger partial charge >= 0.3 is 12.0 Å². The van der Waals surface area contributed by atoms with Gasteiger partial charge in [0.25, 0.3) is 0 Å². The van der Waals surface area contributed by atoms with Crippen LogP contribution in [0.4, 0.5) is 4.79 Å². The van der Waals surface area contributed by atoms with Crippen LogP contribution in [0.15, 0.2) is 0 Å². The van der Waals surface area contributed by atoms with Crippen molar-refractivity contribution in [1.82, 2.24) is 15.1 Å². The van der Waals surface area contributed by atoms with E-state index in [1.807, 2.05) is 7.05 Å². The Morgan fingerprint density at radius 2 is 2.05 bits per heavy atom. The summed E-state index contributed by atoms with van der Waals surface area (Å²) in [6.07, 6.45) is 0. The molecule has 1 aliphatic heterocycles. The number of carboxylic acids is 1. The highest BCUT2D eigenvalue weighted by Crippen LogP contribution is 2.18. The summed E-state index contributed by atoms with van der Waals surface area (Å²) in [5, 5.41) is 11.5. The standard InChI is InChI=1S/C12H23N3O4/c1-12(2)8-15(6-5-14(12)3)11(18)13-9(7-19-4)10(16)17/h9H,5-8H2,1-4H3,(H,13,18)(H,16,17). The molecule has 110 valence electrons. The lowest BCUT2D eigenvalue weighted by molar-refractivity contribution is -0.140. The number of carbonyl (C=O) groups is 2. The van der Waals surface area contributed by atoms with Crippen LogP contribution >= 0.6 is 0 Å². The Morgan fingerprint density at radius 3 is 2.53 bits per heavy atom. The second kappa shape index (κ2) is 6.21. The number of nitrogens with zero attached hydrogens (tertiary/aromatic N) is 2. The Labute approximate surface area is 113 Å². The number of carboxylic acid groups (broad SMARTS) is 1. The van der Waals surface area contributed by atoms with E-state index in [-0.39, 0.29) is 18.2 Å². The van der Waals surface area contributed by atoms with Crippen molar-refractivity contribution < 1.29 is 19.4 Å². The molecule has 1 aliphatic rings. The van der Waals surface area contributed by atoms with Crippen LogP contribution in [0.25, 0.3) is 0 Å². The van der Waals surface area contributed by atoms with Crippen LogP contribution in [0.5, 0.6) is 0 Å². The van der Waals surface area contributed by atoms with E-state index in [2.05, 4.69) is 24.1 Å². The van der Waals surface area contributed by atoms with Crippen molar-refractivity contribution in [1.29, 1.82) is 0 Å². The van der Waals surface area contributed by atoms with Gasteiger partial charge in [-0.05, 0) is 20.9 Å². The Hall–Kier alpha value is -1.34. The van der Waals surface area contributed by atoms with Crippen LogP contribution in [0, 0.1) is 0 Å². The van der Waals surface area contributed by atoms with Crippen molar-refractivity contribution in [2.45, 2.75) is 25.4 Å². The molecule has 0 aromatic heterocycles. The molecule has 0 bridgehead atoms. The van der Waals surface area contributed by atoms with Crippen LogP contribution in [-0.2, 0) is 9.53 Å². The monoisotopic (exact) mass is 273 g/mol. The van der Waals surface area contributed by atoms with Gasteiger partial charge in [-0.2, -0.15) is 0 Å². The molecule has 0 radical (unpaired) electrons. The van der Waals surface area contributed by atoms with Crippen molar-refractivity contribution in [3.05, 3.63) is 0 Å². The SMILES string of the molecule is COCC(NC(=O)N1CCN(C)C(C)(C)C1)C(=O)O. The van der Waals surface area contributed by atoms with E-state index in [1.54, 1.807) is 4.90 Å². The number of aliphatic carboxylic acids is 1. The van der Waals surface area contributed by atoms with Crippen molar-refractivity contribution in [3.63, 3.8) is 0 Å². The fourth-order valence-electron chi connectivity index (χ4n) is 2.00. The van der Waals surface area contributed by atoms with E-state index in [0.717, 1.165) is 6.54 Å². The summed E-state index contributed by atoms with van der Waals surface area (Å²) in [5.74, 6) is -1.09. The maximum atomic E-state index is 12.1. The van der Waals surface area contributed by atoms with Gasteiger partial charge in [-0.1, -0.05) is 0 Å². The molecule has 0 aliphatic carbocycles. The van der Waals surface area contributed by atoms with Gasteiger partial charge in [-0.3, -0.25) is 4.90 Å². The average Bonchev–Trinajstić information content (AvgIpc) is 2.31. The maximum absolute atomic E-state index is 12.1. The first-order valence-electron chi connectivity index (χ1n) is 6.26. The van der Waals surface area contributed by atoms with Gasteiger partial charge in [0.15, 0.2) is 6.04 Å². The number of urea groups is 1. The third kappa shape index (κ3) is 4.07. The lowest BCUT2D eigenvalue weighted by atomic mass is 10.00. The summed E-state index contributed by atoms with van der Waals surface area (Å²) in [7, 11) is 3.42. The zero-order chi connectivity index (χ0) is 14.6. The molecule has 2 amide bonds. The summed E-state index contributed by atoms with van der Waals surface area (Å²) in [5.41, 5.74) is -0.116. The molecule has 1 rings (SSSR count). The number of nitrogens with one attached hydrogen (secondary N) is 1. The van der Waals surface area contributed by atoms with Crippen LogP contribution in [0.2, 0.25) is 0 Å². The number of likely N-dealkylation sites (N-methyl/N-ethyl adjacent to an activating group) is 1. The van der Waals surface area contributed by atoms with Gasteiger partial charge in [0.1, 0.15) is 0 Å². The van der Waals surface area contributed by atoms with E-state index < -0.39 is 12.0 Å². The third-order valence-corrected chi connectivity index (χ3v) is 3.53. The van der Waals surface area contributed by atoms with Gasteiger partial charge in [0.05, 0.1) is 6.61 Å². The highest BCUT2D eigenvalue weighted by molar-refractivity contribution is 5.82. The zero-order valence-electron chi connectivity index (χ0n) is 12.0. The minimum atomic E-state index is -1.09. The molecule has 7 nitrogen and oxygen atoms in total. The highest BCUT2D eigenvalue weighted by atomic mass is 16.5. The van der Waals surface area contributed by atoms with E-state index in [4.69, 9.17) is 9.84 Å². The van der Waals surface area contributed by atoms with Crippen molar-refractivity contribution in [2.24, 2.45) is 0 Å². The average molecular weight is 273 g/mol. The molecule has 1 unspecified atom stereocenters. The van der Waals surface area contributed by atoms with E-state index in [1.165, 1.54) is 7.11 Å². The van der Waals surface area contributed by atoms with E-state index in [0.29, 0.717) is 13.1 Å². The zero-order valence-corrected chi connectivity index (χ0v) is 12.0. The summed E-state index contributed by atoms with van der Waals surface area (Å²) in [6, 6.07) is -1.37. The number of rotatable bonds is 4. The van der Waals surface area contributed by atoms with Crippen molar-refractivity contribution >= 4 is 12.0 Å². The lowest BCUT2D eigenvalue weighted by Gasteiger charge is -2.45. The number of hydrogen-bond donors (Lipinski definition) is 2. The first-order chi connectivity index (χ1) is 8.77. The Bertz CT molecular complexity index is 346. The molecular formula is C12H23N3O4. The number of piperazine rings is 1. The molecule has 1 atom stereocenters. The minimum absolute atomic E-state index is 0.0434. The maximum Gasteiger partial charge on any atom is 0.328 e. The molecule has 0 saturated carbocycles. The van der Waals surface area contributed by atoms with Crippen molar-refractivity contribution in [2.75, 3.05) is 40.4 Å². The van der Waals surface area contributed by atoms with Gasteiger partial charge in [0.2, 0.25) is 0 Å². The predicted molar refractivity (Wildman–Crippen MR) is 70.1 cm³/mol. The second-order valence-corrected chi connectivity index (χ2v) is 5.45. The van der Waals surface area contributed by atoms with E-state index >= 15 is 0 Å². The molecule has 0 aromatic rings. The largest absolute Gasteiger partial charge is 0.480 e. The number of carbonyl (C=O) groups excluding carboxylic acids is 1. The quantitative estimate of drug-likeness (QED) is 0.742. The molecule has 1 heterocycles. The molecule has 1 fully saturated rings. The molecule has 0 aromatic carbocycles. The van der Waals surface area contributed by atoms with Gasteiger partial charge in [0, 0.05) is 32.3 Å². The Morgan fingerprint density at radius 1 is 1.42 bits per heavy atom. The number of amides is 2. The molecule has 19 heavy (non-hydrogen) atoms. The first-order valence-corrected chi connectivity index (χ1v) is 6.26. The van der Waals surface area contributed by atoms with Gasteiger partial charge in [-0.25, -0.2) is 9.59 Å². The molecule has 2 N–H and O–H groups in total. The summed E-state index contributed by atoms with van der Waals surface area (Å²) < 4.78 is 4.79. The lowest BCUT2D eigenvalue weighted by Crippen LogP contribution is -2.61. The van der Waals surface area contributed by atoms with Gasteiger partial charge < -0.3 is 20.1 Å². The van der Waals surface area contributed by atoms with Crippen LogP contribution in [0.3, 0.4) is 0 Å². The predicted octanol–water partition coefficient (Wildman–Crippen LogP) is -0.178. The molecule has 0 spiro atoms. The summed E-state index contributed by atoms with van der Waals surface area (Å²) >= 11 is 0. The topological polar surface area (TPSA) is 82.1 Å². The normalized spacial score (nSPS) is 20.9. The van der Waals surface area contributed by atoms with Crippen LogP contribution in [-0.4, -0.2) is 78.9 Å². The Balaban J connectivity index is 2.60. The van der Waals surface area contributed by atoms with Crippen LogP contribution in [0.1, 0.15) is 13.8 Å². The number of methoxy groups -OCH3 is 1. The first kappa shape index (κ1) is 15.7. The number of ether oxygens (including phenoxy) is 1. The molecule has 7 heteroatoms. The smallest absolute Gasteiger partial charge is 0.328 e. The fourth-order valence-corrected chi connectivity index (χ4v) is 2.00. The number of hydrogen-bond acceptors (Lipinski definition) is 4. The Kier molecular flexibility index (Phi) is 5.13. The molecule has 1 saturated heterocycles. The molecular weight excluding hydrogens is 250 g/mol. The third-order valence-electron chi connectivity index (χ3n) is 3.53. The van der Waals surface area contributed by atoms with Gasteiger partial charge in [-0.15, -0.1) is 0 Å². The minimum Gasteiger partial charge on any atom is -0.480 e. The fraction of sp³-hybridized carbons (Fsp3) is 0.833. The summed E-state index contributed by atoms with van der Waals surface area (Å²) in [4.78, 5) is 26.9.